The van der Waals surface area contributed by atoms with Gasteiger partial charge in [-0.25, -0.2) is 0 Å². The van der Waals surface area contributed by atoms with Crippen molar-refractivity contribution in [3.05, 3.63) is 76.0 Å². The number of rotatable bonds is 5. The third kappa shape index (κ3) is 4.62. The number of carbonyl (C=O) groups excluding carboxylic acids is 1. The molecule has 5 rings (SSSR count). The van der Waals surface area contributed by atoms with Crippen LogP contribution in [0.3, 0.4) is 0 Å². The molecule has 0 saturated heterocycles. The lowest BCUT2D eigenvalue weighted by Crippen LogP contribution is -2.39. The molecule has 3 aromatic carbocycles. The molecule has 2 N–H and O–H groups in total. The Balaban J connectivity index is 1.24. The number of methoxy groups -OCH3 is 1. The van der Waals surface area contributed by atoms with Gasteiger partial charge >= 0.3 is 0 Å². The second-order valence-corrected chi connectivity index (χ2v) is 9.83. The number of hydrogen-bond donors (Lipinski definition) is 2. The lowest BCUT2D eigenvalue weighted by molar-refractivity contribution is 0.0973. The van der Waals surface area contributed by atoms with Crippen LogP contribution in [0.5, 0.6) is 5.75 Å². The summed E-state index contributed by atoms with van der Waals surface area (Å²) in [5, 5.41) is 21.5. The van der Waals surface area contributed by atoms with Gasteiger partial charge in [0.05, 0.1) is 17.1 Å². The Labute approximate surface area is 218 Å². The van der Waals surface area contributed by atoms with Crippen LogP contribution in [0.4, 0.5) is 0 Å². The van der Waals surface area contributed by atoms with Crippen molar-refractivity contribution in [2.24, 2.45) is 0 Å². The molecule has 5 aromatic rings. The molecule has 0 unspecified atom stereocenters. The summed E-state index contributed by atoms with van der Waals surface area (Å²) in [4.78, 5) is 13.7. The first kappa shape index (κ1) is 23.3. The third-order valence-electron chi connectivity index (χ3n) is 5.42. The van der Waals surface area contributed by atoms with Crippen molar-refractivity contribution in [3.8, 4) is 16.3 Å². The number of carbonyl (C=O) groups is 1. The maximum Gasteiger partial charge on any atom is 0.261 e. The van der Waals surface area contributed by atoms with Gasteiger partial charge in [-0.2, -0.15) is 9.61 Å². The Morgan fingerprint density at radius 2 is 1.94 bits per heavy atom. The van der Waals surface area contributed by atoms with Crippen LogP contribution in [0.15, 0.2) is 59.1 Å². The van der Waals surface area contributed by atoms with E-state index in [1.165, 1.54) is 18.4 Å². The highest BCUT2D eigenvalue weighted by atomic mass is 79.9. The van der Waals surface area contributed by atoms with Crippen molar-refractivity contribution in [2.75, 3.05) is 7.11 Å². The van der Waals surface area contributed by atoms with Gasteiger partial charge in [-0.05, 0) is 57.5 Å². The number of aromatic nitrogens is 4. The summed E-state index contributed by atoms with van der Waals surface area (Å²) >= 11 is 10.4. The van der Waals surface area contributed by atoms with E-state index < -0.39 is 0 Å². The van der Waals surface area contributed by atoms with Crippen molar-refractivity contribution in [1.82, 2.24) is 30.4 Å². The Bertz CT molecular complexity index is 1580. The number of aryl methyl sites for hydroxylation is 1. The standard InChI is InChI=1S/C24H19BrN6O2S2/c1-13-28-29-24-31(13)30-22(35-24)15-9-7-14(8-10-15)12-26-23(34)27-21(32)18-11-16-5-3-4-6-17(16)19(25)20(18)33-2/h3-11H,12H2,1-2H3,(H2,26,27,32,34). The molecule has 0 aliphatic heterocycles. The fraction of sp³-hybridized carbons (Fsp3) is 0.125. The van der Waals surface area contributed by atoms with Crippen LogP contribution in [0.2, 0.25) is 0 Å². The van der Waals surface area contributed by atoms with Crippen LogP contribution < -0.4 is 15.4 Å². The molecule has 0 radical (unpaired) electrons. The zero-order valence-electron chi connectivity index (χ0n) is 18.7. The molecule has 176 valence electrons. The van der Waals surface area contributed by atoms with E-state index in [1.807, 2.05) is 55.5 Å². The van der Waals surface area contributed by atoms with E-state index in [-0.39, 0.29) is 11.0 Å². The van der Waals surface area contributed by atoms with Crippen molar-refractivity contribution in [3.63, 3.8) is 0 Å². The van der Waals surface area contributed by atoms with Crippen molar-refractivity contribution >= 4 is 66.2 Å². The van der Waals surface area contributed by atoms with Crippen LogP contribution in [-0.2, 0) is 6.54 Å². The highest BCUT2D eigenvalue weighted by molar-refractivity contribution is 9.10. The summed E-state index contributed by atoms with van der Waals surface area (Å²) in [5.41, 5.74) is 2.40. The molecule has 0 spiro atoms. The first-order chi connectivity index (χ1) is 16.9. The van der Waals surface area contributed by atoms with Crippen LogP contribution in [0, 0.1) is 6.92 Å². The Kier molecular flexibility index (Phi) is 6.46. The Morgan fingerprint density at radius 3 is 2.69 bits per heavy atom. The summed E-state index contributed by atoms with van der Waals surface area (Å²) in [7, 11) is 1.54. The molecule has 1 amide bonds. The minimum Gasteiger partial charge on any atom is -0.495 e. The first-order valence-electron chi connectivity index (χ1n) is 10.6. The van der Waals surface area contributed by atoms with Crippen molar-refractivity contribution < 1.29 is 9.53 Å². The third-order valence-corrected chi connectivity index (χ3v) is 7.40. The number of amides is 1. The molecule has 35 heavy (non-hydrogen) atoms. The molecule has 0 saturated carbocycles. The molecule has 0 fully saturated rings. The lowest BCUT2D eigenvalue weighted by Gasteiger charge is -2.14. The minimum absolute atomic E-state index is 0.231. The van der Waals surface area contributed by atoms with Crippen molar-refractivity contribution in [1.29, 1.82) is 0 Å². The second-order valence-electron chi connectivity index (χ2n) is 7.68. The summed E-state index contributed by atoms with van der Waals surface area (Å²) in [6.07, 6.45) is 0. The number of nitrogens with one attached hydrogen (secondary N) is 2. The summed E-state index contributed by atoms with van der Waals surface area (Å²) in [5.74, 6) is 0.868. The molecule has 0 atom stereocenters. The monoisotopic (exact) mass is 566 g/mol. The van der Waals surface area contributed by atoms with Crippen LogP contribution in [0.25, 0.3) is 26.3 Å². The fourth-order valence-electron chi connectivity index (χ4n) is 3.65. The number of fused-ring (bicyclic) bond motifs is 2. The van der Waals surface area contributed by atoms with E-state index in [0.717, 1.165) is 42.2 Å². The van der Waals surface area contributed by atoms with Crippen LogP contribution in [-0.4, -0.2) is 37.9 Å². The van der Waals surface area contributed by atoms with Gasteiger partial charge in [0.2, 0.25) is 4.96 Å². The summed E-state index contributed by atoms with van der Waals surface area (Å²) in [6.45, 7) is 2.33. The van der Waals surface area contributed by atoms with Crippen LogP contribution in [0.1, 0.15) is 21.7 Å². The lowest BCUT2D eigenvalue weighted by atomic mass is 10.1. The molecule has 11 heteroatoms. The van der Waals surface area contributed by atoms with Gasteiger partial charge < -0.3 is 10.1 Å². The molecule has 2 aromatic heterocycles. The SMILES string of the molecule is COc1c(C(=O)NC(=S)NCc2ccc(-c3nn4c(C)nnc4s3)cc2)cc2ccccc2c1Br. The maximum atomic E-state index is 13.0. The van der Waals surface area contributed by atoms with Gasteiger partial charge in [0, 0.05) is 12.1 Å². The Hall–Kier alpha value is -3.41. The van der Waals surface area contributed by atoms with Gasteiger partial charge in [0.25, 0.3) is 5.91 Å². The normalized spacial score (nSPS) is 11.1. The van der Waals surface area contributed by atoms with E-state index in [2.05, 4.69) is 41.9 Å². The number of halogens is 1. The quantitative estimate of drug-likeness (QED) is 0.292. The first-order valence-corrected chi connectivity index (χ1v) is 12.6. The van der Waals surface area contributed by atoms with Gasteiger partial charge in [-0.3, -0.25) is 10.1 Å². The van der Waals surface area contributed by atoms with E-state index in [9.17, 15) is 4.79 Å². The summed E-state index contributed by atoms with van der Waals surface area (Å²) < 4.78 is 7.96. The van der Waals surface area contributed by atoms with Crippen molar-refractivity contribution in [2.45, 2.75) is 13.5 Å². The molecule has 8 nitrogen and oxygen atoms in total. The summed E-state index contributed by atoms with van der Waals surface area (Å²) in [6, 6.07) is 17.5. The molecule has 0 bridgehead atoms. The average Bonchev–Trinajstić information content (AvgIpc) is 3.45. The fourth-order valence-corrected chi connectivity index (χ4v) is 5.44. The minimum atomic E-state index is -0.347. The highest BCUT2D eigenvalue weighted by Gasteiger charge is 2.19. The van der Waals surface area contributed by atoms with E-state index in [1.54, 1.807) is 10.6 Å². The molecular weight excluding hydrogens is 548 g/mol. The molecule has 0 aliphatic carbocycles. The maximum absolute atomic E-state index is 13.0. The zero-order chi connectivity index (χ0) is 24.5. The predicted molar refractivity (Wildman–Crippen MR) is 144 cm³/mol. The topological polar surface area (TPSA) is 93.4 Å². The largest absolute Gasteiger partial charge is 0.495 e. The van der Waals surface area contributed by atoms with Gasteiger partial charge in [0.15, 0.2) is 10.9 Å². The number of ether oxygens (including phenoxy) is 1. The number of nitrogens with zero attached hydrogens (tertiary/aromatic N) is 4. The Morgan fingerprint density at radius 1 is 1.17 bits per heavy atom. The second kappa shape index (κ2) is 9.68. The van der Waals surface area contributed by atoms with Crippen LogP contribution >= 0.6 is 39.5 Å². The van der Waals surface area contributed by atoms with Gasteiger partial charge in [0.1, 0.15) is 10.8 Å². The smallest absolute Gasteiger partial charge is 0.261 e. The van der Waals surface area contributed by atoms with E-state index in [4.69, 9.17) is 17.0 Å². The van der Waals surface area contributed by atoms with E-state index in [0.29, 0.717) is 17.9 Å². The molecule has 0 aliphatic rings. The average molecular weight is 567 g/mol. The van der Waals surface area contributed by atoms with E-state index >= 15 is 0 Å². The molecular formula is C24H19BrN6O2S2. The highest BCUT2D eigenvalue weighted by Crippen LogP contribution is 2.36. The zero-order valence-corrected chi connectivity index (χ0v) is 21.9. The van der Waals surface area contributed by atoms with Gasteiger partial charge in [-0.1, -0.05) is 59.9 Å². The number of thiocarbonyl (C=S) groups is 1. The van der Waals surface area contributed by atoms with Gasteiger partial charge in [-0.15, -0.1) is 10.2 Å². The molecule has 2 heterocycles. The number of hydrogen-bond acceptors (Lipinski definition) is 7. The number of benzene rings is 3. The predicted octanol–water partition coefficient (Wildman–Crippen LogP) is 4.89.